The fourth-order valence-corrected chi connectivity index (χ4v) is 2.89. The van der Waals surface area contributed by atoms with Crippen LogP contribution in [0, 0.1) is 5.92 Å². The van der Waals surface area contributed by atoms with Gasteiger partial charge in [-0.2, -0.15) is 0 Å². The van der Waals surface area contributed by atoms with Crippen LogP contribution in [0.2, 0.25) is 0 Å². The molecule has 0 aromatic rings. The van der Waals surface area contributed by atoms with Crippen LogP contribution in [0.15, 0.2) is 4.99 Å². The van der Waals surface area contributed by atoms with Crippen molar-refractivity contribution in [3.05, 3.63) is 0 Å². The van der Waals surface area contributed by atoms with Gasteiger partial charge in [0, 0.05) is 52.9 Å². The maximum absolute atomic E-state index is 5.80. The van der Waals surface area contributed by atoms with Crippen molar-refractivity contribution < 1.29 is 14.2 Å². The predicted molar refractivity (Wildman–Crippen MR) is 98.6 cm³/mol. The normalized spacial score (nSPS) is 19.3. The van der Waals surface area contributed by atoms with Crippen molar-refractivity contribution in [3.63, 3.8) is 0 Å². The molecule has 0 aromatic heterocycles. The van der Waals surface area contributed by atoms with Crippen LogP contribution in [0.1, 0.15) is 47.0 Å². The molecule has 0 aliphatic carbocycles. The highest BCUT2D eigenvalue weighted by Crippen LogP contribution is 2.24. The lowest BCUT2D eigenvalue weighted by molar-refractivity contribution is -0.0828. The maximum atomic E-state index is 5.80. The van der Waals surface area contributed by atoms with E-state index in [-0.39, 0.29) is 11.7 Å². The van der Waals surface area contributed by atoms with E-state index < -0.39 is 0 Å². The first-order valence-corrected chi connectivity index (χ1v) is 9.33. The molecule has 1 fully saturated rings. The molecule has 1 unspecified atom stereocenters. The number of hydrogen-bond donors (Lipinski definition) is 2. The zero-order valence-electron chi connectivity index (χ0n) is 16.2. The van der Waals surface area contributed by atoms with Crippen LogP contribution in [0.4, 0.5) is 0 Å². The fourth-order valence-electron chi connectivity index (χ4n) is 2.89. The SMILES string of the molecule is CCNC(=NCC1(OC)CCOCC1)NCCC(OCC)C(C)C. The van der Waals surface area contributed by atoms with Gasteiger partial charge in [0.25, 0.3) is 0 Å². The molecule has 0 aromatic carbocycles. The summed E-state index contributed by atoms with van der Waals surface area (Å²) in [4.78, 5) is 4.74. The monoisotopic (exact) mass is 343 g/mol. The van der Waals surface area contributed by atoms with Crippen LogP contribution in [0.25, 0.3) is 0 Å². The van der Waals surface area contributed by atoms with Gasteiger partial charge in [0.05, 0.1) is 18.2 Å². The molecule has 6 nitrogen and oxygen atoms in total. The lowest BCUT2D eigenvalue weighted by atomic mass is 9.94. The van der Waals surface area contributed by atoms with Crippen molar-refractivity contribution in [1.29, 1.82) is 0 Å². The molecule has 0 bridgehead atoms. The quantitative estimate of drug-likeness (QED) is 0.470. The zero-order chi connectivity index (χ0) is 17.8. The Kier molecular flexibility index (Phi) is 10.3. The van der Waals surface area contributed by atoms with E-state index >= 15 is 0 Å². The molecule has 0 saturated carbocycles. The molecule has 24 heavy (non-hydrogen) atoms. The number of aliphatic imine (C=N–C) groups is 1. The first-order chi connectivity index (χ1) is 11.6. The van der Waals surface area contributed by atoms with Crippen molar-refractivity contribution in [1.82, 2.24) is 10.6 Å². The molecule has 1 heterocycles. The Morgan fingerprint density at radius 1 is 1.21 bits per heavy atom. The van der Waals surface area contributed by atoms with E-state index in [1.807, 2.05) is 6.92 Å². The third-order valence-electron chi connectivity index (χ3n) is 4.55. The second-order valence-corrected chi connectivity index (χ2v) is 6.65. The Morgan fingerprint density at radius 2 is 1.92 bits per heavy atom. The molecule has 6 heteroatoms. The highest BCUT2D eigenvalue weighted by atomic mass is 16.5. The number of rotatable bonds is 10. The van der Waals surface area contributed by atoms with Gasteiger partial charge in [0.2, 0.25) is 0 Å². The Hall–Kier alpha value is -0.850. The smallest absolute Gasteiger partial charge is 0.191 e. The van der Waals surface area contributed by atoms with Crippen LogP contribution < -0.4 is 10.6 Å². The molecule has 1 saturated heterocycles. The number of methoxy groups -OCH3 is 1. The van der Waals surface area contributed by atoms with Gasteiger partial charge >= 0.3 is 0 Å². The summed E-state index contributed by atoms with van der Waals surface area (Å²) in [6.45, 7) is 13.1. The molecule has 1 aliphatic heterocycles. The molecule has 0 spiro atoms. The van der Waals surface area contributed by atoms with Gasteiger partial charge in [-0.1, -0.05) is 13.8 Å². The average molecular weight is 344 g/mol. The summed E-state index contributed by atoms with van der Waals surface area (Å²) in [5.41, 5.74) is -0.188. The van der Waals surface area contributed by atoms with E-state index in [1.165, 1.54) is 0 Å². The predicted octanol–water partition coefficient (Wildman–Crippen LogP) is 2.19. The second kappa shape index (κ2) is 11.7. The highest BCUT2D eigenvalue weighted by Gasteiger charge is 2.32. The maximum Gasteiger partial charge on any atom is 0.191 e. The first kappa shape index (κ1) is 21.2. The molecule has 1 aliphatic rings. The van der Waals surface area contributed by atoms with E-state index in [0.717, 1.165) is 58.1 Å². The number of nitrogens with zero attached hydrogens (tertiary/aromatic N) is 1. The van der Waals surface area contributed by atoms with Crippen molar-refractivity contribution in [3.8, 4) is 0 Å². The second-order valence-electron chi connectivity index (χ2n) is 6.65. The van der Waals surface area contributed by atoms with Gasteiger partial charge in [0.15, 0.2) is 5.96 Å². The third kappa shape index (κ3) is 7.36. The minimum atomic E-state index is -0.188. The van der Waals surface area contributed by atoms with Crippen molar-refractivity contribution in [2.75, 3.05) is 46.6 Å². The lowest BCUT2D eigenvalue weighted by Gasteiger charge is -2.34. The summed E-state index contributed by atoms with van der Waals surface area (Å²) in [7, 11) is 1.77. The minimum Gasteiger partial charge on any atom is -0.381 e. The topological polar surface area (TPSA) is 64.1 Å². The van der Waals surface area contributed by atoms with E-state index in [1.54, 1.807) is 7.11 Å². The van der Waals surface area contributed by atoms with Crippen molar-refractivity contribution in [2.24, 2.45) is 10.9 Å². The fraction of sp³-hybridized carbons (Fsp3) is 0.944. The Morgan fingerprint density at radius 3 is 2.46 bits per heavy atom. The molecule has 1 atom stereocenters. The summed E-state index contributed by atoms with van der Waals surface area (Å²) in [5.74, 6) is 1.37. The number of nitrogens with one attached hydrogen (secondary N) is 2. The van der Waals surface area contributed by atoms with Gasteiger partial charge in [-0.25, -0.2) is 0 Å². The summed E-state index contributed by atoms with van der Waals surface area (Å²) in [6.07, 6.45) is 3.04. The van der Waals surface area contributed by atoms with Crippen molar-refractivity contribution in [2.45, 2.75) is 58.7 Å². The molecule has 142 valence electrons. The lowest BCUT2D eigenvalue weighted by Crippen LogP contribution is -2.44. The summed E-state index contributed by atoms with van der Waals surface area (Å²) in [6, 6.07) is 0. The van der Waals surface area contributed by atoms with Gasteiger partial charge in [-0.3, -0.25) is 4.99 Å². The van der Waals surface area contributed by atoms with E-state index in [4.69, 9.17) is 19.2 Å². The number of hydrogen-bond acceptors (Lipinski definition) is 4. The number of ether oxygens (including phenoxy) is 3. The first-order valence-electron chi connectivity index (χ1n) is 9.33. The van der Waals surface area contributed by atoms with Crippen LogP contribution in [0.5, 0.6) is 0 Å². The summed E-state index contributed by atoms with van der Waals surface area (Å²) >= 11 is 0. The zero-order valence-corrected chi connectivity index (χ0v) is 16.2. The van der Waals surface area contributed by atoms with Crippen molar-refractivity contribution >= 4 is 5.96 Å². The Bertz CT molecular complexity index is 355. The van der Waals surface area contributed by atoms with Crippen LogP contribution in [-0.4, -0.2) is 64.2 Å². The third-order valence-corrected chi connectivity index (χ3v) is 4.55. The van der Waals surface area contributed by atoms with Gasteiger partial charge in [0.1, 0.15) is 0 Å². The van der Waals surface area contributed by atoms with E-state index in [2.05, 4.69) is 31.4 Å². The standard InChI is InChI=1S/C18H37N3O3/c1-6-19-17(20-11-8-16(15(3)4)24-7-2)21-14-18(22-5)9-12-23-13-10-18/h15-16H,6-14H2,1-5H3,(H2,19,20,21). The van der Waals surface area contributed by atoms with Gasteiger partial charge < -0.3 is 24.8 Å². The largest absolute Gasteiger partial charge is 0.381 e. The Labute approximate surface area is 147 Å². The summed E-state index contributed by atoms with van der Waals surface area (Å²) < 4.78 is 17.0. The van der Waals surface area contributed by atoms with Gasteiger partial charge in [-0.05, 0) is 26.2 Å². The molecular weight excluding hydrogens is 306 g/mol. The minimum absolute atomic E-state index is 0.188. The van der Waals surface area contributed by atoms with E-state index in [9.17, 15) is 0 Å². The highest BCUT2D eigenvalue weighted by molar-refractivity contribution is 5.79. The molecule has 2 N–H and O–H groups in total. The van der Waals surface area contributed by atoms with Crippen LogP contribution in [0.3, 0.4) is 0 Å². The average Bonchev–Trinajstić information content (AvgIpc) is 2.59. The number of guanidine groups is 1. The molecule has 0 radical (unpaired) electrons. The summed E-state index contributed by atoms with van der Waals surface area (Å²) in [5, 5.41) is 6.73. The molecular formula is C18H37N3O3. The molecule has 1 rings (SSSR count). The van der Waals surface area contributed by atoms with Crippen LogP contribution in [-0.2, 0) is 14.2 Å². The Balaban J connectivity index is 2.52. The van der Waals surface area contributed by atoms with E-state index in [0.29, 0.717) is 12.5 Å². The van der Waals surface area contributed by atoms with Gasteiger partial charge in [-0.15, -0.1) is 0 Å². The van der Waals surface area contributed by atoms with Crippen LogP contribution >= 0.6 is 0 Å². The molecule has 0 amide bonds.